The molecule has 0 radical (unpaired) electrons. The van der Waals surface area contributed by atoms with Crippen molar-refractivity contribution in [3.05, 3.63) is 11.1 Å². The maximum atomic E-state index is 8.43. The van der Waals surface area contributed by atoms with Gasteiger partial charge >= 0.3 is 0 Å². The molecule has 0 atom stereocenters. The molecule has 0 bridgehead atoms. The van der Waals surface area contributed by atoms with Crippen molar-refractivity contribution in [2.24, 2.45) is 0 Å². The number of nitrogens with zero attached hydrogens (tertiary/aromatic N) is 1. The van der Waals surface area contributed by atoms with Crippen molar-refractivity contribution in [1.82, 2.24) is 0 Å². The highest BCUT2D eigenvalue weighted by atomic mass is 14.3. The van der Waals surface area contributed by atoms with Crippen LogP contribution in [0.5, 0.6) is 0 Å². The molecule has 0 spiro atoms. The first kappa shape index (κ1) is 5.37. The van der Waals surface area contributed by atoms with Crippen LogP contribution in [-0.2, 0) is 0 Å². The smallest absolute Gasteiger partial charge is 0.0946 e. The fraction of sp³-hybridized carbons (Fsp3) is 0.571. The lowest BCUT2D eigenvalue weighted by Gasteiger charge is -1.84. The van der Waals surface area contributed by atoms with E-state index in [1.54, 1.807) is 0 Å². The topological polar surface area (TPSA) is 23.8 Å². The second-order valence-corrected chi connectivity index (χ2v) is 2.22. The van der Waals surface area contributed by atoms with E-state index in [4.69, 9.17) is 5.26 Å². The highest BCUT2D eigenvalue weighted by Crippen LogP contribution is 2.23. The van der Waals surface area contributed by atoms with Crippen LogP contribution >= 0.6 is 0 Å². The van der Waals surface area contributed by atoms with Gasteiger partial charge in [-0.25, -0.2) is 0 Å². The first-order valence-corrected chi connectivity index (χ1v) is 2.93. The average Bonchev–Trinajstić information content (AvgIpc) is 2.14. The van der Waals surface area contributed by atoms with E-state index < -0.39 is 0 Å². The molecule has 0 aliphatic heterocycles. The number of hydrogen-bond donors (Lipinski definition) is 0. The summed E-state index contributed by atoms with van der Waals surface area (Å²) < 4.78 is 0. The van der Waals surface area contributed by atoms with Crippen LogP contribution in [-0.4, -0.2) is 0 Å². The van der Waals surface area contributed by atoms with Crippen molar-refractivity contribution in [2.75, 3.05) is 0 Å². The molecule has 1 heteroatoms. The molecule has 0 amide bonds. The maximum absolute atomic E-state index is 8.43. The van der Waals surface area contributed by atoms with Crippen molar-refractivity contribution < 1.29 is 0 Å². The van der Waals surface area contributed by atoms with E-state index in [0.29, 0.717) is 0 Å². The Morgan fingerprint density at radius 3 is 2.50 bits per heavy atom. The molecule has 1 rings (SSSR count). The zero-order chi connectivity index (χ0) is 5.98. The predicted molar refractivity (Wildman–Crippen MR) is 32.2 cm³/mol. The summed E-state index contributed by atoms with van der Waals surface area (Å²) in [6.45, 7) is 2.05. The quantitative estimate of drug-likeness (QED) is 0.464. The van der Waals surface area contributed by atoms with Crippen LogP contribution in [0.3, 0.4) is 0 Å². The minimum atomic E-state index is 1.02. The van der Waals surface area contributed by atoms with E-state index in [0.717, 1.165) is 18.4 Å². The second-order valence-electron chi connectivity index (χ2n) is 2.22. The Hall–Kier alpha value is -0.770. The number of allylic oxidation sites excluding steroid dienone is 2. The van der Waals surface area contributed by atoms with Gasteiger partial charge < -0.3 is 0 Å². The van der Waals surface area contributed by atoms with Gasteiger partial charge in [0.05, 0.1) is 6.07 Å². The lowest BCUT2D eigenvalue weighted by molar-refractivity contribution is 0.900. The minimum Gasteiger partial charge on any atom is -0.193 e. The Balaban J connectivity index is 2.77. The molecule has 0 heterocycles. The van der Waals surface area contributed by atoms with Gasteiger partial charge in [0.2, 0.25) is 0 Å². The van der Waals surface area contributed by atoms with Crippen LogP contribution < -0.4 is 0 Å². The predicted octanol–water partition coefficient (Wildman–Crippen LogP) is 2.01. The summed E-state index contributed by atoms with van der Waals surface area (Å²) in [5, 5.41) is 8.43. The van der Waals surface area contributed by atoms with Crippen molar-refractivity contribution in [3.63, 3.8) is 0 Å². The third-order valence-corrected chi connectivity index (χ3v) is 1.63. The summed E-state index contributed by atoms with van der Waals surface area (Å²) in [4.78, 5) is 0. The van der Waals surface area contributed by atoms with Gasteiger partial charge in [-0.05, 0) is 26.2 Å². The summed E-state index contributed by atoms with van der Waals surface area (Å²) >= 11 is 0. The molecule has 0 saturated carbocycles. The molecule has 42 valence electrons. The van der Waals surface area contributed by atoms with Gasteiger partial charge in [-0.3, -0.25) is 0 Å². The summed E-state index contributed by atoms with van der Waals surface area (Å²) in [5.41, 5.74) is 2.32. The summed E-state index contributed by atoms with van der Waals surface area (Å²) in [5.74, 6) is 0. The fourth-order valence-corrected chi connectivity index (χ4v) is 1.05. The van der Waals surface area contributed by atoms with Gasteiger partial charge in [-0.15, -0.1) is 0 Å². The lowest BCUT2D eigenvalue weighted by atomic mass is 10.2. The highest BCUT2D eigenvalue weighted by molar-refractivity contribution is 5.29. The Morgan fingerprint density at radius 2 is 2.25 bits per heavy atom. The fourth-order valence-electron chi connectivity index (χ4n) is 1.05. The number of nitriles is 1. The van der Waals surface area contributed by atoms with Gasteiger partial charge in [0.1, 0.15) is 0 Å². The van der Waals surface area contributed by atoms with E-state index in [1.807, 2.05) is 6.92 Å². The molecule has 0 fully saturated rings. The zero-order valence-electron chi connectivity index (χ0n) is 5.07. The number of hydrogen-bond acceptors (Lipinski definition) is 1. The molecule has 0 N–H and O–H groups in total. The van der Waals surface area contributed by atoms with E-state index >= 15 is 0 Å². The molecule has 8 heavy (non-hydrogen) atoms. The van der Waals surface area contributed by atoms with Crippen molar-refractivity contribution in [3.8, 4) is 6.07 Å². The SMILES string of the molecule is CC1=C(C#N)CCC1. The monoisotopic (exact) mass is 107 g/mol. The minimum absolute atomic E-state index is 1.02. The first-order chi connectivity index (χ1) is 3.84. The summed E-state index contributed by atoms with van der Waals surface area (Å²) in [6.07, 6.45) is 3.35. The summed E-state index contributed by atoms with van der Waals surface area (Å²) in [7, 11) is 0. The third kappa shape index (κ3) is 0.742. The zero-order valence-corrected chi connectivity index (χ0v) is 5.07. The largest absolute Gasteiger partial charge is 0.193 e. The molecular weight excluding hydrogens is 98.1 g/mol. The van der Waals surface area contributed by atoms with Gasteiger partial charge in [0.15, 0.2) is 0 Å². The normalized spacial score (nSPS) is 19.0. The Morgan fingerprint density at radius 1 is 1.50 bits per heavy atom. The molecule has 1 aliphatic rings. The first-order valence-electron chi connectivity index (χ1n) is 2.93. The molecule has 0 aromatic heterocycles. The van der Waals surface area contributed by atoms with Crippen LogP contribution in [0.2, 0.25) is 0 Å². The van der Waals surface area contributed by atoms with Crippen LogP contribution in [0, 0.1) is 11.3 Å². The van der Waals surface area contributed by atoms with Crippen LogP contribution in [0.1, 0.15) is 26.2 Å². The van der Waals surface area contributed by atoms with Crippen LogP contribution in [0.25, 0.3) is 0 Å². The molecule has 1 nitrogen and oxygen atoms in total. The van der Waals surface area contributed by atoms with Gasteiger partial charge in [0, 0.05) is 5.57 Å². The Bertz CT molecular complexity index is 160. The molecule has 0 aromatic carbocycles. The van der Waals surface area contributed by atoms with Crippen molar-refractivity contribution in [1.29, 1.82) is 5.26 Å². The van der Waals surface area contributed by atoms with Gasteiger partial charge in [0.25, 0.3) is 0 Å². The summed E-state index contributed by atoms with van der Waals surface area (Å²) in [6, 6.07) is 2.19. The van der Waals surface area contributed by atoms with Crippen LogP contribution in [0.4, 0.5) is 0 Å². The average molecular weight is 107 g/mol. The second kappa shape index (κ2) is 2.00. The van der Waals surface area contributed by atoms with E-state index in [9.17, 15) is 0 Å². The number of rotatable bonds is 0. The Kier molecular flexibility index (Phi) is 1.34. The van der Waals surface area contributed by atoms with Gasteiger partial charge in [-0.1, -0.05) is 5.57 Å². The van der Waals surface area contributed by atoms with E-state index in [1.165, 1.54) is 12.0 Å². The van der Waals surface area contributed by atoms with E-state index in [-0.39, 0.29) is 0 Å². The van der Waals surface area contributed by atoms with Gasteiger partial charge in [-0.2, -0.15) is 5.26 Å². The molecule has 0 saturated heterocycles. The highest BCUT2D eigenvalue weighted by Gasteiger charge is 2.08. The Labute approximate surface area is 49.6 Å². The third-order valence-electron chi connectivity index (χ3n) is 1.63. The van der Waals surface area contributed by atoms with Crippen molar-refractivity contribution >= 4 is 0 Å². The van der Waals surface area contributed by atoms with Crippen molar-refractivity contribution in [2.45, 2.75) is 26.2 Å². The van der Waals surface area contributed by atoms with E-state index in [2.05, 4.69) is 6.07 Å². The van der Waals surface area contributed by atoms with Crippen LogP contribution in [0.15, 0.2) is 11.1 Å². The standard InChI is InChI=1S/C7H9N/c1-6-3-2-4-7(6)5-8/h2-4H2,1H3. The lowest BCUT2D eigenvalue weighted by Crippen LogP contribution is -1.70. The molecule has 0 unspecified atom stereocenters. The molecule has 1 aliphatic carbocycles. The molecular formula is C7H9N. The maximum Gasteiger partial charge on any atom is 0.0946 e. The molecule has 0 aromatic rings.